The van der Waals surface area contributed by atoms with Gasteiger partial charge in [-0.1, -0.05) is 12.1 Å². The maximum atomic E-state index is 10.0. The summed E-state index contributed by atoms with van der Waals surface area (Å²) in [4.78, 5) is 9.05. The number of hydrogen-bond donors (Lipinski definition) is 1. The van der Waals surface area contributed by atoms with Crippen LogP contribution >= 0.6 is 22.7 Å². The highest BCUT2D eigenvalue weighted by Crippen LogP contribution is 2.35. The van der Waals surface area contributed by atoms with Gasteiger partial charge in [-0.15, -0.1) is 22.7 Å². The van der Waals surface area contributed by atoms with Gasteiger partial charge in [0.05, 0.1) is 11.1 Å². The van der Waals surface area contributed by atoms with E-state index in [9.17, 15) is 5.11 Å². The van der Waals surface area contributed by atoms with Gasteiger partial charge in [-0.25, -0.2) is 9.98 Å². The van der Waals surface area contributed by atoms with E-state index in [-0.39, 0.29) is 0 Å². The highest BCUT2D eigenvalue weighted by atomic mass is 32.1. The molecule has 1 N–H and O–H groups in total. The van der Waals surface area contributed by atoms with E-state index >= 15 is 0 Å². The van der Waals surface area contributed by atoms with Crippen LogP contribution in [-0.2, 0) is 0 Å². The second kappa shape index (κ2) is 4.27. The van der Waals surface area contributed by atoms with Crippen LogP contribution in [-0.4, -0.2) is 16.3 Å². The quantitative estimate of drug-likeness (QED) is 0.712. The Morgan fingerprint density at radius 2 is 2.18 bits per heavy atom. The lowest BCUT2D eigenvalue weighted by Gasteiger charge is -1.89. The number of thiophene rings is 1. The zero-order chi connectivity index (χ0) is 11.7. The normalized spacial score (nSPS) is 11.5. The zero-order valence-electron chi connectivity index (χ0n) is 8.70. The van der Waals surface area contributed by atoms with E-state index in [0.29, 0.717) is 10.9 Å². The minimum atomic E-state index is 0.297. The lowest BCUT2D eigenvalue weighted by Crippen LogP contribution is -1.73. The molecule has 17 heavy (non-hydrogen) atoms. The molecule has 0 saturated heterocycles. The first-order valence-electron chi connectivity index (χ1n) is 4.98. The molecule has 0 unspecified atom stereocenters. The summed E-state index contributed by atoms with van der Waals surface area (Å²) >= 11 is 2.99. The van der Waals surface area contributed by atoms with Crippen LogP contribution in [0.3, 0.4) is 0 Å². The Bertz CT molecular complexity index is 671. The molecule has 84 valence electrons. The molecule has 0 aliphatic rings. The van der Waals surface area contributed by atoms with E-state index in [0.717, 1.165) is 15.0 Å². The second-order valence-corrected chi connectivity index (χ2v) is 5.34. The predicted molar refractivity (Wildman–Crippen MR) is 72.9 cm³/mol. The number of thiazole rings is 1. The van der Waals surface area contributed by atoms with Gasteiger partial charge >= 0.3 is 0 Å². The Kier molecular flexibility index (Phi) is 2.62. The summed E-state index contributed by atoms with van der Waals surface area (Å²) in [6, 6.07) is 7.76. The largest absolute Gasteiger partial charge is 0.506 e. The number of nitrogens with zero attached hydrogens (tertiary/aromatic N) is 2. The Balaban J connectivity index is 2.03. The number of aromatic hydroxyl groups is 1. The predicted octanol–water partition coefficient (Wildman–Crippen LogP) is 3.81. The molecule has 0 aliphatic heterocycles. The van der Waals surface area contributed by atoms with Crippen molar-refractivity contribution in [1.82, 2.24) is 4.98 Å². The molecule has 0 amide bonds. The van der Waals surface area contributed by atoms with Crippen LogP contribution in [0.4, 0.5) is 5.13 Å². The summed E-state index contributed by atoms with van der Waals surface area (Å²) < 4.78 is 1.06. The van der Waals surface area contributed by atoms with Crippen molar-refractivity contribution >= 4 is 44.1 Å². The number of fused-ring (bicyclic) bond motifs is 1. The third-order valence-electron chi connectivity index (χ3n) is 2.31. The van der Waals surface area contributed by atoms with Crippen molar-refractivity contribution in [3.8, 4) is 5.75 Å². The molecule has 0 saturated carbocycles. The Labute approximate surface area is 106 Å². The van der Waals surface area contributed by atoms with Crippen LogP contribution in [0.5, 0.6) is 5.75 Å². The molecule has 1 aromatic carbocycles. The van der Waals surface area contributed by atoms with Gasteiger partial charge in [0.15, 0.2) is 0 Å². The standard InChI is InChI=1S/C12H8N2OS2/c15-11-8-3-1-2-4-9(8)17-10(11)7-14-12-13-5-6-16-12/h1-7,15H. The molecule has 2 heterocycles. The first-order chi connectivity index (χ1) is 8.34. The third kappa shape index (κ3) is 1.94. The fourth-order valence-corrected chi connectivity index (χ4v) is 2.98. The molecule has 0 radical (unpaired) electrons. The molecule has 3 rings (SSSR count). The minimum Gasteiger partial charge on any atom is -0.506 e. The van der Waals surface area contributed by atoms with Crippen molar-refractivity contribution in [2.45, 2.75) is 0 Å². The highest BCUT2D eigenvalue weighted by molar-refractivity contribution is 7.21. The number of benzene rings is 1. The molecule has 0 fully saturated rings. The molecule has 5 heteroatoms. The van der Waals surface area contributed by atoms with Gasteiger partial charge in [0.2, 0.25) is 5.13 Å². The van der Waals surface area contributed by atoms with Crippen molar-refractivity contribution in [1.29, 1.82) is 0 Å². The molecule has 0 aliphatic carbocycles. The number of aliphatic imine (C=N–C) groups is 1. The maximum Gasteiger partial charge on any atom is 0.209 e. The van der Waals surface area contributed by atoms with Crippen molar-refractivity contribution in [3.05, 3.63) is 40.7 Å². The first kappa shape index (κ1) is 10.4. The van der Waals surface area contributed by atoms with Crippen LogP contribution in [0.15, 0.2) is 40.8 Å². The van der Waals surface area contributed by atoms with Crippen LogP contribution in [0, 0.1) is 0 Å². The van der Waals surface area contributed by atoms with Gasteiger partial charge in [0.1, 0.15) is 5.75 Å². The summed E-state index contributed by atoms with van der Waals surface area (Å²) in [5.74, 6) is 0.297. The summed E-state index contributed by atoms with van der Waals surface area (Å²) in [7, 11) is 0. The van der Waals surface area contributed by atoms with Gasteiger partial charge in [-0.2, -0.15) is 0 Å². The fourth-order valence-electron chi connectivity index (χ4n) is 1.53. The molecule has 2 aromatic heterocycles. The minimum absolute atomic E-state index is 0.297. The molecule has 3 nitrogen and oxygen atoms in total. The number of rotatable bonds is 2. The van der Waals surface area contributed by atoms with E-state index < -0.39 is 0 Å². The average molecular weight is 260 g/mol. The van der Waals surface area contributed by atoms with Gasteiger partial charge in [0.25, 0.3) is 0 Å². The average Bonchev–Trinajstić information content (AvgIpc) is 2.96. The van der Waals surface area contributed by atoms with E-state index in [1.807, 2.05) is 29.6 Å². The topological polar surface area (TPSA) is 45.5 Å². The fraction of sp³-hybridized carbons (Fsp3) is 0. The van der Waals surface area contributed by atoms with E-state index in [1.165, 1.54) is 22.7 Å². The van der Waals surface area contributed by atoms with Crippen molar-refractivity contribution in [2.75, 3.05) is 0 Å². The van der Waals surface area contributed by atoms with Crippen LogP contribution in [0.25, 0.3) is 10.1 Å². The number of hydrogen-bond acceptors (Lipinski definition) is 5. The second-order valence-electron chi connectivity index (χ2n) is 3.38. The van der Waals surface area contributed by atoms with Crippen LogP contribution in [0.1, 0.15) is 4.88 Å². The Morgan fingerprint density at radius 3 is 2.94 bits per heavy atom. The molecule has 0 bridgehead atoms. The Morgan fingerprint density at radius 1 is 1.29 bits per heavy atom. The van der Waals surface area contributed by atoms with Crippen molar-refractivity contribution in [2.24, 2.45) is 4.99 Å². The molecular formula is C12H8N2OS2. The summed E-state index contributed by atoms with van der Waals surface area (Å²) in [5, 5.41) is 13.5. The van der Waals surface area contributed by atoms with E-state index in [2.05, 4.69) is 9.98 Å². The maximum absolute atomic E-state index is 10.0. The van der Waals surface area contributed by atoms with Gasteiger partial charge in [0, 0.05) is 21.7 Å². The lowest BCUT2D eigenvalue weighted by molar-refractivity contribution is 0.483. The van der Waals surface area contributed by atoms with Gasteiger partial charge < -0.3 is 5.11 Å². The Hall–Kier alpha value is -1.72. The third-order valence-corrected chi connectivity index (χ3v) is 4.08. The molecule has 3 aromatic rings. The van der Waals surface area contributed by atoms with E-state index in [1.54, 1.807) is 12.4 Å². The summed E-state index contributed by atoms with van der Waals surface area (Å²) in [6.45, 7) is 0. The molecule has 0 atom stereocenters. The summed E-state index contributed by atoms with van der Waals surface area (Å²) in [5.41, 5.74) is 0. The highest BCUT2D eigenvalue weighted by Gasteiger charge is 2.08. The molecular weight excluding hydrogens is 252 g/mol. The van der Waals surface area contributed by atoms with Crippen molar-refractivity contribution in [3.63, 3.8) is 0 Å². The SMILES string of the molecule is Oc1c(C=Nc2nccs2)sc2ccccc12. The van der Waals surface area contributed by atoms with Gasteiger partial charge in [-0.3, -0.25) is 0 Å². The van der Waals surface area contributed by atoms with Crippen LogP contribution < -0.4 is 0 Å². The number of aromatic nitrogens is 1. The van der Waals surface area contributed by atoms with Gasteiger partial charge in [-0.05, 0) is 12.1 Å². The molecule has 0 spiro atoms. The zero-order valence-corrected chi connectivity index (χ0v) is 10.3. The monoisotopic (exact) mass is 260 g/mol. The smallest absolute Gasteiger partial charge is 0.209 e. The summed E-state index contributed by atoms with van der Waals surface area (Å²) in [6.07, 6.45) is 3.38. The first-order valence-corrected chi connectivity index (χ1v) is 6.68. The lowest BCUT2D eigenvalue weighted by atomic mass is 10.2. The van der Waals surface area contributed by atoms with Crippen LogP contribution in [0.2, 0.25) is 0 Å². The van der Waals surface area contributed by atoms with E-state index in [4.69, 9.17) is 0 Å². The van der Waals surface area contributed by atoms with Crippen molar-refractivity contribution < 1.29 is 5.11 Å².